The van der Waals surface area contributed by atoms with Crippen LogP contribution >= 0.6 is 8.25 Å². The fourth-order valence-electron chi connectivity index (χ4n) is 1.53. The first kappa shape index (κ1) is 16.0. The van der Waals surface area contributed by atoms with Gasteiger partial charge in [-0.15, -0.1) is 9.79 Å². The van der Waals surface area contributed by atoms with Crippen molar-refractivity contribution >= 4 is 31.6 Å². The Kier molecular flexibility index (Phi) is 6.59. The number of H-pyrrole nitrogens is 1. The van der Waals surface area contributed by atoms with Gasteiger partial charge in [0, 0.05) is 47.5 Å². The Morgan fingerprint density at radius 2 is 1.95 bits per heavy atom. The Hall–Kier alpha value is -2.01. The average molecular weight is 294 g/mol. The van der Waals surface area contributed by atoms with Gasteiger partial charge in [-0.25, -0.2) is 4.99 Å². The molecule has 0 amide bonds. The molecular formula is C13H17N3O3P+. The van der Waals surface area contributed by atoms with Crippen LogP contribution in [0.3, 0.4) is 0 Å². The molecule has 2 rings (SSSR count). The number of aliphatic imine (C=N–C) groups is 1. The van der Waals surface area contributed by atoms with Gasteiger partial charge in [0.05, 0.1) is 6.34 Å². The maximum atomic E-state index is 8.70. The van der Waals surface area contributed by atoms with Crippen molar-refractivity contribution in [2.24, 2.45) is 4.99 Å². The van der Waals surface area contributed by atoms with Gasteiger partial charge in [0.25, 0.3) is 0 Å². The molecule has 0 fully saturated rings. The normalized spacial score (nSPS) is 10.8. The lowest BCUT2D eigenvalue weighted by molar-refractivity contribution is 0.405. The average Bonchev–Trinajstić information content (AvgIpc) is 2.77. The second-order valence-electron chi connectivity index (χ2n) is 4.09. The highest BCUT2D eigenvalue weighted by Gasteiger charge is 1.97. The summed E-state index contributed by atoms with van der Waals surface area (Å²) in [6.07, 6.45) is 7.56. The van der Waals surface area contributed by atoms with Gasteiger partial charge in [-0.05, 0) is 12.1 Å². The van der Waals surface area contributed by atoms with Crippen molar-refractivity contribution < 1.29 is 14.4 Å². The van der Waals surface area contributed by atoms with E-state index in [1.165, 1.54) is 5.39 Å². The van der Waals surface area contributed by atoms with Gasteiger partial charge in [-0.2, -0.15) is 0 Å². The summed E-state index contributed by atoms with van der Waals surface area (Å²) in [4.78, 5) is 23.5. The molecule has 1 aromatic carbocycles. The van der Waals surface area contributed by atoms with Crippen LogP contribution in [0.4, 0.5) is 0 Å². The van der Waals surface area contributed by atoms with Gasteiger partial charge < -0.3 is 9.88 Å². The molecule has 0 spiro atoms. The molecule has 1 aromatic heterocycles. The number of rotatable bonds is 3. The number of benzene rings is 1. The van der Waals surface area contributed by atoms with Crippen molar-refractivity contribution in [1.29, 1.82) is 0 Å². The molecule has 20 heavy (non-hydrogen) atoms. The highest BCUT2D eigenvalue weighted by molar-refractivity contribution is 7.30. The Morgan fingerprint density at radius 1 is 1.30 bits per heavy atom. The lowest BCUT2D eigenvalue weighted by Crippen LogP contribution is -2.06. The van der Waals surface area contributed by atoms with Crippen LogP contribution in [0.25, 0.3) is 17.0 Å². The first-order chi connectivity index (χ1) is 9.50. The van der Waals surface area contributed by atoms with Crippen LogP contribution in [0, 0.1) is 0 Å². The van der Waals surface area contributed by atoms with Crippen LogP contribution in [0.15, 0.2) is 41.7 Å². The molecule has 2 aromatic rings. The largest absolute Gasteiger partial charge is 0.692 e. The highest BCUT2D eigenvalue weighted by atomic mass is 31.1. The molecule has 0 bridgehead atoms. The summed E-state index contributed by atoms with van der Waals surface area (Å²) in [7, 11) is 1.02. The van der Waals surface area contributed by atoms with E-state index in [9.17, 15) is 0 Å². The lowest BCUT2D eigenvalue weighted by Gasteiger charge is -1.99. The van der Waals surface area contributed by atoms with E-state index >= 15 is 0 Å². The SMILES string of the molecule is CN(C)C=N/C=C/c1c[nH]c2ccccc12.O=[P+](O)O. The smallest absolute Gasteiger partial charge is 0.369 e. The number of fused-ring (bicyclic) bond motifs is 1. The second-order valence-corrected chi connectivity index (χ2v) is 4.59. The van der Waals surface area contributed by atoms with Crippen molar-refractivity contribution in [2.75, 3.05) is 14.1 Å². The van der Waals surface area contributed by atoms with Crippen LogP contribution in [0.5, 0.6) is 0 Å². The number of para-hydroxylation sites is 1. The van der Waals surface area contributed by atoms with Gasteiger partial charge in [-0.3, -0.25) is 0 Å². The molecule has 7 heteroatoms. The van der Waals surface area contributed by atoms with Crippen LogP contribution in [0.1, 0.15) is 5.56 Å². The summed E-state index contributed by atoms with van der Waals surface area (Å²) in [5, 5.41) is 1.22. The van der Waals surface area contributed by atoms with Gasteiger partial charge in [0.2, 0.25) is 0 Å². The van der Waals surface area contributed by atoms with Crippen molar-refractivity contribution in [3.8, 4) is 0 Å². The second kappa shape index (κ2) is 8.22. The van der Waals surface area contributed by atoms with E-state index in [1.54, 1.807) is 12.5 Å². The summed E-state index contributed by atoms with van der Waals surface area (Å²) < 4.78 is 8.70. The van der Waals surface area contributed by atoms with Crippen LogP contribution < -0.4 is 0 Å². The van der Waals surface area contributed by atoms with Gasteiger partial charge in [0.1, 0.15) is 0 Å². The molecular weight excluding hydrogens is 277 g/mol. The van der Waals surface area contributed by atoms with E-state index in [-0.39, 0.29) is 0 Å². The summed E-state index contributed by atoms with van der Waals surface area (Å²) in [6, 6.07) is 8.23. The molecule has 0 unspecified atom stereocenters. The monoisotopic (exact) mass is 294 g/mol. The van der Waals surface area contributed by atoms with E-state index in [2.05, 4.69) is 22.1 Å². The van der Waals surface area contributed by atoms with Crippen molar-refractivity contribution in [1.82, 2.24) is 9.88 Å². The van der Waals surface area contributed by atoms with Gasteiger partial charge in [0.15, 0.2) is 0 Å². The third-order valence-corrected chi connectivity index (χ3v) is 2.26. The number of nitrogens with zero attached hydrogens (tertiary/aromatic N) is 2. The van der Waals surface area contributed by atoms with E-state index in [4.69, 9.17) is 14.4 Å². The number of aromatic nitrogens is 1. The lowest BCUT2D eigenvalue weighted by atomic mass is 10.2. The maximum Gasteiger partial charge on any atom is 0.692 e. The molecule has 0 atom stereocenters. The highest BCUT2D eigenvalue weighted by Crippen LogP contribution is 2.18. The standard InChI is InChI=1S/C13H15N3.HO3P/c1-16(2)10-14-8-7-11-9-15-13-6-4-3-5-12(11)13;1-4(2)3/h3-10,15H,1-2H3;(H-,1,2,3)/p+1/b8-7+,14-10?;. The summed E-state index contributed by atoms with van der Waals surface area (Å²) >= 11 is 0. The molecule has 6 nitrogen and oxygen atoms in total. The number of nitrogens with one attached hydrogen (secondary N) is 1. The van der Waals surface area contributed by atoms with Crippen molar-refractivity contribution in [3.63, 3.8) is 0 Å². The zero-order valence-corrected chi connectivity index (χ0v) is 12.2. The third-order valence-electron chi connectivity index (χ3n) is 2.26. The first-order valence-corrected chi connectivity index (χ1v) is 6.94. The van der Waals surface area contributed by atoms with E-state index in [1.807, 2.05) is 43.4 Å². The molecule has 0 saturated heterocycles. The molecule has 0 aliphatic carbocycles. The van der Waals surface area contributed by atoms with Crippen LogP contribution in [-0.2, 0) is 4.57 Å². The molecule has 0 aliphatic rings. The minimum Gasteiger partial charge on any atom is -0.369 e. The summed E-state index contributed by atoms with van der Waals surface area (Å²) in [5.41, 5.74) is 2.31. The number of hydrogen-bond donors (Lipinski definition) is 3. The van der Waals surface area contributed by atoms with Crippen molar-refractivity contribution in [2.45, 2.75) is 0 Å². The predicted molar refractivity (Wildman–Crippen MR) is 81.6 cm³/mol. The number of aromatic amines is 1. The minimum atomic E-state index is -2.87. The van der Waals surface area contributed by atoms with Crippen molar-refractivity contribution in [3.05, 3.63) is 42.2 Å². The minimum absolute atomic E-state index is 1.15. The topological polar surface area (TPSA) is 88.9 Å². The van der Waals surface area contributed by atoms with E-state index < -0.39 is 8.25 Å². The molecule has 0 saturated carbocycles. The predicted octanol–water partition coefficient (Wildman–Crippen LogP) is 2.36. The zero-order valence-electron chi connectivity index (χ0n) is 11.3. The molecule has 0 aliphatic heterocycles. The van der Waals surface area contributed by atoms with E-state index in [0.29, 0.717) is 0 Å². The summed E-state index contributed by atoms with van der Waals surface area (Å²) in [6.45, 7) is 0. The fourth-order valence-corrected chi connectivity index (χ4v) is 1.53. The molecule has 3 N–H and O–H groups in total. The Bertz CT molecular complexity index is 616. The van der Waals surface area contributed by atoms with E-state index in [0.717, 1.165) is 11.1 Å². The Morgan fingerprint density at radius 3 is 2.60 bits per heavy atom. The summed E-state index contributed by atoms with van der Waals surface area (Å²) in [5.74, 6) is 0. The maximum absolute atomic E-state index is 8.70. The Labute approximate surface area is 118 Å². The van der Waals surface area contributed by atoms with Crippen LogP contribution in [-0.4, -0.2) is 40.1 Å². The van der Waals surface area contributed by atoms with Gasteiger partial charge >= 0.3 is 8.25 Å². The molecule has 0 radical (unpaired) electrons. The number of hydrogen-bond acceptors (Lipinski definition) is 2. The Balaban J connectivity index is 0.000000444. The third kappa shape index (κ3) is 5.75. The van der Waals surface area contributed by atoms with Gasteiger partial charge in [-0.1, -0.05) is 18.2 Å². The van der Waals surface area contributed by atoms with Crippen LogP contribution in [0.2, 0.25) is 0 Å². The molecule has 1 heterocycles. The molecule has 106 valence electrons. The first-order valence-electron chi connectivity index (χ1n) is 5.78. The zero-order chi connectivity index (χ0) is 15.0. The fraction of sp³-hybridized carbons (Fsp3) is 0.154. The quantitative estimate of drug-likeness (QED) is 0.460.